The van der Waals surface area contributed by atoms with Gasteiger partial charge in [0.25, 0.3) is 5.79 Å². The first kappa shape index (κ1) is 21.2. The number of carboxylic acids is 1. The number of methoxy groups -OCH3 is 1. The van der Waals surface area contributed by atoms with Gasteiger partial charge in [-0.2, -0.15) is 0 Å². The minimum absolute atomic E-state index is 0.0818. The number of carboxylic acid groups (broad SMARTS) is 1. The molecule has 0 unspecified atom stereocenters. The van der Waals surface area contributed by atoms with Crippen molar-refractivity contribution in [2.75, 3.05) is 18.2 Å². The summed E-state index contributed by atoms with van der Waals surface area (Å²) in [4.78, 5) is 35.0. The highest BCUT2D eigenvalue weighted by molar-refractivity contribution is 7.91. The van der Waals surface area contributed by atoms with E-state index in [0.717, 1.165) is 18.3 Å². The first-order valence-corrected chi connectivity index (χ1v) is 9.68. The third-order valence-corrected chi connectivity index (χ3v) is 5.50. The first-order chi connectivity index (χ1) is 12.9. The number of sulfone groups is 1. The monoisotopic (exact) mass is 413 g/mol. The van der Waals surface area contributed by atoms with Crippen LogP contribution in [0.15, 0.2) is 28.8 Å². The van der Waals surface area contributed by atoms with Crippen molar-refractivity contribution in [1.29, 1.82) is 0 Å². The normalized spacial score (nSPS) is 16.1. The minimum Gasteiger partial charge on any atom is -0.496 e. The van der Waals surface area contributed by atoms with Crippen LogP contribution in [0.25, 0.3) is 0 Å². The summed E-state index contributed by atoms with van der Waals surface area (Å²) >= 11 is 0. The highest BCUT2D eigenvalue weighted by Gasteiger charge is 2.39. The summed E-state index contributed by atoms with van der Waals surface area (Å²) in [5.41, 5.74) is -0.923. The van der Waals surface area contributed by atoms with Crippen LogP contribution < -0.4 is 10.1 Å². The Labute approximate surface area is 161 Å². The van der Waals surface area contributed by atoms with Gasteiger partial charge in [-0.25, -0.2) is 22.8 Å². The summed E-state index contributed by atoms with van der Waals surface area (Å²) in [6.45, 7) is 4.16. The lowest BCUT2D eigenvalue weighted by molar-refractivity contribution is -0.222. The molecule has 1 aliphatic rings. The number of aromatic carboxylic acids is 1. The van der Waals surface area contributed by atoms with Gasteiger partial charge in [0.1, 0.15) is 11.3 Å². The van der Waals surface area contributed by atoms with Crippen LogP contribution in [0.3, 0.4) is 0 Å². The molecule has 28 heavy (non-hydrogen) atoms. The number of rotatable bonds is 6. The summed E-state index contributed by atoms with van der Waals surface area (Å²) in [5, 5.41) is 11.8. The summed E-state index contributed by atoms with van der Waals surface area (Å²) in [5.74, 6) is -5.13. The second kappa shape index (κ2) is 7.50. The van der Waals surface area contributed by atoms with Gasteiger partial charge in [-0.05, 0) is 6.07 Å². The Morgan fingerprint density at radius 1 is 1.25 bits per heavy atom. The molecule has 2 rings (SSSR count). The van der Waals surface area contributed by atoms with E-state index in [4.69, 9.17) is 14.2 Å². The van der Waals surface area contributed by atoms with E-state index in [-0.39, 0.29) is 27.6 Å². The number of hydrogen-bond donors (Lipinski definition) is 2. The van der Waals surface area contributed by atoms with Crippen LogP contribution in [0.4, 0.5) is 5.69 Å². The van der Waals surface area contributed by atoms with Gasteiger partial charge in [-0.3, -0.25) is 0 Å². The number of ether oxygens (including phenoxy) is 3. The van der Waals surface area contributed by atoms with E-state index < -0.39 is 39.1 Å². The molecule has 0 atom stereocenters. The fraction of sp³-hybridized carbons (Fsp3) is 0.353. The number of carbonyl (C=O) groups is 3. The molecule has 10 nitrogen and oxygen atoms in total. The molecule has 0 radical (unpaired) electrons. The van der Waals surface area contributed by atoms with E-state index in [1.807, 2.05) is 0 Å². The quantitative estimate of drug-likeness (QED) is 0.398. The van der Waals surface area contributed by atoms with Crippen LogP contribution in [0.2, 0.25) is 0 Å². The van der Waals surface area contributed by atoms with Gasteiger partial charge in [0, 0.05) is 26.1 Å². The third kappa shape index (κ3) is 4.25. The van der Waals surface area contributed by atoms with Crippen molar-refractivity contribution >= 4 is 33.4 Å². The average molecular weight is 413 g/mol. The first-order valence-electron chi connectivity index (χ1n) is 8.03. The van der Waals surface area contributed by atoms with Gasteiger partial charge in [0.2, 0.25) is 0 Å². The number of hydrogen-bond acceptors (Lipinski definition) is 9. The van der Waals surface area contributed by atoms with Crippen LogP contribution in [-0.4, -0.2) is 50.1 Å². The summed E-state index contributed by atoms with van der Waals surface area (Å²) in [6, 6.07) is 2.09. The van der Waals surface area contributed by atoms with Crippen LogP contribution in [0, 0.1) is 0 Å². The molecule has 1 heterocycles. The van der Waals surface area contributed by atoms with Gasteiger partial charge in [-0.15, -0.1) is 0 Å². The molecule has 0 aliphatic carbocycles. The zero-order valence-corrected chi connectivity index (χ0v) is 16.4. The van der Waals surface area contributed by atoms with Crippen molar-refractivity contribution in [3.05, 3.63) is 29.5 Å². The Kier molecular flexibility index (Phi) is 5.69. The van der Waals surface area contributed by atoms with Gasteiger partial charge in [0.15, 0.2) is 15.4 Å². The maximum atomic E-state index is 12.4. The number of anilines is 1. The molecule has 1 aromatic rings. The van der Waals surface area contributed by atoms with E-state index in [0.29, 0.717) is 0 Å². The van der Waals surface area contributed by atoms with Crippen molar-refractivity contribution in [2.24, 2.45) is 0 Å². The zero-order chi connectivity index (χ0) is 21.3. The minimum atomic E-state index is -3.85. The van der Waals surface area contributed by atoms with E-state index in [9.17, 15) is 27.9 Å². The number of esters is 2. The molecule has 0 bridgehead atoms. The molecule has 11 heteroatoms. The molecule has 0 spiro atoms. The van der Waals surface area contributed by atoms with Crippen LogP contribution in [0.5, 0.6) is 5.75 Å². The predicted molar refractivity (Wildman–Crippen MR) is 95.6 cm³/mol. The van der Waals surface area contributed by atoms with E-state index in [2.05, 4.69) is 5.32 Å². The maximum absolute atomic E-state index is 12.4. The zero-order valence-electron chi connectivity index (χ0n) is 15.6. The molecule has 1 saturated heterocycles. The Morgan fingerprint density at radius 2 is 1.82 bits per heavy atom. The second-order valence-corrected chi connectivity index (χ2v) is 8.39. The van der Waals surface area contributed by atoms with Crippen LogP contribution in [-0.2, 0) is 28.9 Å². The Hall–Kier alpha value is -3.08. The molecule has 2 N–H and O–H groups in total. The largest absolute Gasteiger partial charge is 0.496 e. The SMILES string of the molecule is CCS(=O)(=O)c1cc(C(=O)O)c(OC)cc1NC=C1C(=O)OC(C)(C)OC1=O. The number of benzene rings is 1. The molecule has 0 aromatic heterocycles. The average Bonchev–Trinajstić information content (AvgIpc) is 2.59. The van der Waals surface area contributed by atoms with Crippen molar-refractivity contribution in [3.63, 3.8) is 0 Å². The Bertz CT molecular complexity index is 955. The van der Waals surface area contributed by atoms with Crippen molar-refractivity contribution in [3.8, 4) is 5.75 Å². The van der Waals surface area contributed by atoms with E-state index >= 15 is 0 Å². The molecule has 1 fully saturated rings. The lowest BCUT2D eigenvalue weighted by Crippen LogP contribution is -2.42. The lowest BCUT2D eigenvalue weighted by atomic mass is 10.1. The molecule has 152 valence electrons. The Morgan fingerprint density at radius 3 is 2.29 bits per heavy atom. The second-order valence-electron chi connectivity index (χ2n) is 6.14. The summed E-state index contributed by atoms with van der Waals surface area (Å²) in [6.07, 6.45) is 0.934. The predicted octanol–water partition coefficient (Wildman–Crippen LogP) is 1.32. The fourth-order valence-electron chi connectivity index (χ4n) is 2.35. The number of nitrogens with one attached hydrogen (secondary N) is 1. The van der Waals surface area contributed by atoms with Gasteiger partial charge in [0.05, 0.1) is 23.4 Å². The Balaban J connectivity index is 2.54. The summed E-state index contributed by atoms with van der Waals surface area (Å²) < 4.78 is 39.7. The standard InChI is InChI=1S/C17H19NO9S/c1-5-28(23,24)13-6-9(14(19)20)12(25-4)7-11(13)18-8-10-15(21)26-17(2,3)27-16(10)22/h6-8,18H,5H2,1-4H3,(H,19,20). The van der Waals surface area contributed by atoms with Gasteiger partial charge < -0.3 is 24.6 Å². The highest BCUT2D eigenvalue weighted by Crippen LogP contribution is 2.32. The molecular formula is C17H19NO9S. The van der Waals surface area contributed by atoms with E-state index in [1.165, 1.54) is 27.9 Å². The molecule has 1 aromatic carbocycles. The van der Waals surface area contributed by atoms with Gasteiger partial charge >= 0.3 is 17.9 Å². The number of carbonyl (C=O) groups excluding carboxylic acids is 2. The number of cyclic esters (lactones) is 2. The molecule has 0 amide bonds. The third-order valence-electron chi connectivity index (χ3n) is 3.74. The smallest absolute Gasteiger partial charge is 0.350 e. The van der Waals surface area contributed by atoms with Crippen molar-refractivity contribution < 1.29 is 42.1 Å². The fourth-order valence-corrected chi connectivity index (χ4v) is 3.41. The van der Waals surface area contributed by atoms with Crippen molar-refractivity contribution in [1.82, 2.24) is 0 Å². The van der Waals surface area contributed by atoms with E-state index in [1.54, 1.807) is 0 Å². The lowest BCUT2D eigenvalue weighted by Gasteiger charge is -2.29. The molecule has 0 saturated carbocycles. The van der Waals surface area contributed by atoms with Gasteiger partial charge in [-0.1, -0.05) is 6.92 Å². The van der Waals surface area contributed by atoms with Crippen LogP contribution in [0.1, 0.15) is 31.1 Å². The molecule has 1 aliphatic heterocycles. The highest BCUT2D eigenvalue weighted by atomic mass is 32.2. The topological polar surface area (TPSA) is 145 Å². The van der Waals surface area contributed by atoms with Crippen LogP contribution >= 0.6 is 0 Å². The van der Waals surface area contributed by atoms with Crippen molar-refractivity contribution in [2.45, 2.75) is 31.5 Å². The maximum Gasteiger partial charge on any atom is 0.350 e. The summed E-state index contributed by atoms with van der Waals surface area (Å²) in [7, 11) is -2.63. The molecular weight excluding hydrogens is 394 g/mol.